The van der Waals surface area contributed by atoms with Gasteiger partial charge < -0.3 is 14.4 Å². The van der Waals surface area contributed by atoms with Gasteiger partial charge in [-0.15, -0.1) is 0 Å². The first kappa shape index (κ1) is 19.2. The lowest BCUT2D eigenvalue weighted by atomic mass is 10.2. The van der Waals surface area contributed by atoms with Gasteiger partial charge in [-0.05, 0) is 44.5 Å². The van der Waals surface area contributed by atoms with Gasteiger partial charge in [0.25, 0.3) is 0 Å². The van der Waals surface area contributed by atoms with Crippen LogP contribution in [0.15, 0.2) is 28.7 Å². The molecule has 0 heterocycles. The Kier molecular flexibility index (Phi) is 8.32. The van der Waals surface area contributed by atoms with Crippen molar-refractivity contribution in [3.8, 4) is 0 Å². The Morgan fingerprint density at radius 1 is 1.04 bits per heavy atom. The number of anilines is 1. The topological polar surface area (TPSA) is 72.9 Å². The highest BCUT2D eigenvalue weighted by molar-refractivity contribution is 9.10. The fourth-order valence-corrected chi connectivity index (χ4v) is 2.15. The molecule has 126 valence electrons. The molecule has 1 aromatic rings. The molecule has 0 bridgehead atoms. The molecule has 0 aliphatic rings. The molecule has 0 fully saturated rings. The third-order valence-corrected chi connectivity index (χ3v) is 3.43. The summed E-state index contributed by atoms with van der Waals surface area (Å²) in [6.45, 7) is 4.03. The minimum absolute atomic E-state index is 0.127. The molecule has 0 saturated heterocycles. The van der Waals surface area contributed by atoms with Gasteiger partial charge in [0.2, 0.25) is 0 Å². The number of benzene rings is 1. The second-order valence-electron chi connectivity index (χ2n) is 4.56. The molecule has 1 aromatic carbocycles. The van der Waals surface area contributed by atoms with Crippen molar-refractivity contribution in [2.75, 3.05) is 24.7 Å². The minimum Gasteiger partial charge on any atom is -0.466 e. The molecule has 23 heavy (non-hydrogen) atoms. The van der Waals surface area contributed by atoms with Crippen molar-refractivity contribution in [3.05, 3.63) is 28.7 Å². The molecular formula is C16H20BrNO5. The van der Waals surface area contributed by atoms with Crippen LogP contribution >= 0.6 is 15.9 Å². The van der Waals surface area contributed by atoms with E-state index in [1.165, 1.54) is 4.90 Å². The average molecular weight is 386 g/mol. The zero-order valence-corrected chi connectivity index (χ0v) is 14.8. The summed E-state index contributed by atoms with van der Waals surface area (Å²) in [7, 11) is 0. The first-order valence-corrected chi connectivity index (χ1v) is 8.18. The summed E-state index contributed by atoms with van der Waals surface area (Å²) >= 11 is 3.32. The van der Waals surface area contributed by atoms with Crippen LogP contribution in [0.25, 0.3) is 0 Å². The van der Waals surface area contributed by atoms with Crippen LogP contribution in [0.4, 0.5) is 5.69 Å². The van der Waals surface area contributed by atoms with E-state index in [4.69, 9.17) is 9.47 Å². The number of carbonyl (C=O) groups is 3. The van der Waals surface area contributed by atoms with Crippen molar-refractivity contribution in [1.82, 2.24) is 0 Å². The molecule has 0 radical (unpaired) electrons. The molecule has 0 unspecified atom stereocenters. The Hall–Kier alpha value is -1.89. The van der Waals surface area contributed by atoms with Gasteiger partial charge in [-0.25, -0.2) is 4.79 Å². The number of nitrogens with zero attached hydrogens (tertiary/aromatic N) is 1. The summed E-state index contributed by atoms with van der Waals surface area (Å²) in [5, 5.41) is 0. The van der Waals surface area contributed by atoms with E-state index in [1.807, 2.05) is 0 Å². The van der Waals surface area contributed by atoms with Crippen LogP contribution in [-0.4, -0.2) is 37.6 Å². The first-order valence-electron chi connectivity index (χ1n) is 7.39. The van der Waals surface area contributed by atoms with Gasteiger partial charge in [0.05, 0.1) is 13.2 Å². The van der Waals surface area contributed by atoms with Crippen molar-refractivity contribution in [1.29, 1.82) is 0 Å². The fraction of sp³-hybridized carbons (Fsp3) is 0.438. The summed E-state index contributed by atoms with van der Waals surface area (Å²) in [6.07, 6.45) is 0.566. The van der Waals surface area contributed by atoms with Gasteiger partial charge in [-0.1, -0.05) is 15.9 Å². The van der Waals surface area contributed by atoms with E-state index < -0.39 is 11.9 Å². The zero-order valence-electron chi connectivity index (χ0n) is 13.2. The molecule has 0 spiro atoms. The molecule has 0 aliphatic heterocycles. The predicted octanol–water partition coefficient (Wildman–Crippen LogP) is 2.69. The largest absolute Gasteiger partial charge is 0.466 e. The quantitative estimate of drug-likeness (QED) is 0.532. The first-order chi connectivity index (χ1) is 11.0. The highest BCUT2D eigenvalue weighted by atomic mass is 79.9. The van der Waals surface area contributed by atoms with Crippen LogP contribution in [0, 0.1) is 0 Å². The smallest absolute Gasteiger partial charge is 0.397 e. The molecule has 0 aromatic heterocycles. The van der Waals surface area contributed by atoms with Crippen molar-refractivity contribution in [2.24, 2.45) is 0 Å². The summed E-state index contributed by atoms with van der Waals surface area (Å²) in [5.41, 5.74) is 0.565. The second-order valence-corrected chi connectivity index (χ2v) is 5.48. The van der Waals surface area contributed by atoms with E-state index in [0.29, 0.717) is 18.7 Å². The van der Waals surface area contributed by atoms with Crippen molar-refractivity contribution in [2.45, 2.75) is 26.7 Å². The van der Waals surface area contributed by atoms with E-state index in [1.54, 1.807) is 38.1 Å². The Morgan fingerprint density at radius 2 is 1.65 bits per heavy atom. The number of hydrogen-bond acceptors (Lipinski definition) is 5. The molecule has 0 atom stereocenters. The summed E-state index contributed by atoms with van der Waals surface area (Å²) in [5.74, 6) is -1.99. The van der Waals surface area contributed by atoms with Crippen LogP contribution in [0.1, 0.15) is 26.7 Å². The lowest BCUT2D eigenvalue weighted by molar-refractivity contribution is -0.153. The average Bonchev–Trinajstić information content (AvgIpc) is 2.52. The number of esters is 2. The Labute approximate surface area is 143 Å². The van der Waals surface area contributed by atoms with E-state index >= 15 is 0 Å². The molecule has 0 aliphatic carbocycles. The maximum absolute atomic E-state index is 12.2. The Morgan fingerprint density at radius 3 is 2.22 bits per heavy atom. The number of ether oxygens (including phenoxy) is 2. The zero-order chi connectivity index (χ0) is 17.2. The highest BCUT2D eigenvalue weighted by Gasteiger charge is 2.24. The number of amides is 1. The maximum Gasteiger partial charge on any atom is 0.397 e. The van der Waals surface area contributed by atoms with Crippen LogP contribution in [-0.2, 0) is 23.9 Å². The molecule has 6 nitrogen and oxygen atoms in total. The number of halogens is 1. The van der Waals surface area contributed by atoms with Gasteiger partial charge in [-0.2, -0.15) is 0 Å². The SMILES string of the molecule is CCOC(=O)CCCN(C(=O)C(=O)OCC)c1ccc(Br)cc1. The molecule has 0 saturated carbocycles. The molecule has 0 N–H and O–H groups in total. The lowest BCUT2D eigenvalue weighted by Crippen LogP contribution is -2.38. The number of carbonyl (C=O) groups excluding carboxylic acids is 3. The predicted molar refractivity (Wildman–Crippen MR) is 89.0 cm³/mol. The van der Waals surface area contributed by atoms with Gasteiger partial charge in [0.15, 0.2) is 0 Å². The standard InChI is InChI=1S/C16H20BrNO5/c1-3-22-14(19)6-5-11-18(15(20)16(21)23-4-2)13-9-7-12(17)8-10-13/h7-10H,3-6,11H2,1-2H3. The normalized spacial score (nSPS) is 10.0. The van der Waals surface area contributed by atoms with E-state index in [9.17, 15) is 14.4 Å². The fourth-order valence-electron chi connectivity index (χ4n) is 1.89. The van der Waals surface area contributed by atoms with Gasteiger partial charge in [0.1, 0.15) is 0 Å². The summed E-state index contributed by atoms with van der Waals surface area (Å²) in [6, 6.07) is 6.97. The molecule has 1 amide bonds. The van der Waals surface area contributed by atoms with Crippen molar-refractivity contribution >= 4 is 39.5 Å². The van der Waals surface area contributed by atoms with Crippen LogP contribution in [0.2, 0.25) is 0 Å². The molecule has 7 heteroatoms. The van der Waals surface area contributed by atoms with Gasteiger partial charge in [-0.3, -0.25) is 9.59 Å². The number of hydrogen-bond donors (Lipinski definition) is 0. The molecule has 1 rings (SSSR count). The number of rotatable bonds is 7. The Balaban J connectivity index is 2.80. The Bertz CT molecular complexity index is 544. The summed E-state index contributed by atoms with van der Waals surface area (Å²) in [4.78, 5) is 36.7. The van der Waals surface area contributed by atoms with E-state index in [2.05, 4.69) is 15.9 Å². The monoisotopic (exact) mass is 385 g/mol. The van der Waals surface area contributed by atoms with Crippen molar-refractivity contribution < 1.29 is 23.9 Å². The van der Waals surface area contributed by atoms with Crippen LogP contribution in [0.5, 0.6) is 0 Å². The van der Waals surface area contributed by atoms with Crippen molar-refractivity contribution in [3.63, 3.8) is 0 Å². The highest BCUT2D eigenvalue weighted by Crippen LogP contribution is 2.19. The van der Waals surface area contributed by atoms with E-state index in [-0.39, 0.29) is 25.5 Å². The van der Waals surface area contributed by atoms with E-state index in [0.717, 1.165) is 4.47 Å². The lowest BCUT2D eigenvalue weighted by Gasteiger charge is -2.21. The third kappa shape index (κ3) is 6.40. The van der Waals surface area contributed by atoms with Crippen LogP contribution < -0.4 is 4.90 Å². The third-order valence-electron chi connectivity index (χ3n) is 2.90. The van der Waals surface area contributed by atoms with Gasteiger partial charge >= 0.3 is 17.8 Å². The minimum atomic E-state index is -0.911. The second kappa shape index (κ2) is 9.99. The summed E-state index contributed by atoms with van der Waals surface area (Å²) < 4.78 is 10.5. The maximum atomic E-state index is 12.2. The molecular weight excluding hydrogens is 366 g/mol. The van der Waals surface area contributed by atoms with Gasteiger partial charge in [0, 0.05) is 23.1 Å². The van der Waals surface area contributed by atoms with Crippen LogP contribution in [0.3, 0.4) is 0 Å².